The van der Waals surface area contributed by atoms with Crippen molar-refractivity contribution in [1.82, 2.24) is 9.97 Å². The van der Waals surface area contributed by atoms with E-state index >= 15 is 0 Å². The number of anilines is 1. The summed E-state index contributed by atoms with van der Waals surface area (Å²) in [6.45, 7) is 11.3. The van der Waals surface area contributed by atoms with Gasteiger partial charge in [-0.25, -0.2) is 9.97 Å². The Labute approximate surface area is 135 Å². The largest absolute Gasteiger partial charge is 0.297 e. The zero-order chi connectivity index (χ0) is 16.6. The first-order valence-corrected chi connectivity index (χ1v) is 8.49. The first-order chi connectivity index (χ1) is 10.4. The molecule has 1 aromatic heterocycles. The lowest BCUT2D eigenvalue weighted by molar-refractivity contribution is -0.120. The van der Waals surface area contributed by atoms with Crippen LogP contribution in [0.1, 0.15) is 72.5 Å². The molecule has 0 spiro atoms. The summed E-state index contributed by atoms with van der Waals surface area (Å²) in [6.07, 6.45) is 7.43. The minimum atomic E-state index is -0.0143. The van der Waals surface area contributed by atoms with Gasteiger partial charge < -0.3 is 0 Å². The molecule has 0 saturated carbocycles. The van der Waals surface area contributed by atoms with Crippen LogP contribution in [0, 0.1) is 5.41 Å². The lowest BCUT2D eigenvalue weighted by atomic mass is 9.91. The van der Waals surface area contributed by atoms with Crippen LogP contribution in [-0.2, 0) is 11.2 Å². The van der Waals surface area contributed by atoms with E-state index in [9.17, 15) is 4.79 Å². The number of unbranched alkanes of at least 4 members (excludes halogenated alkanes) is 2. The summed E-state index contributed by atoms with van der Waals surface area (Å²) in [7, 11) is 0. The van der Waals surface area contributed by atoms with Crippen LogP contribution in [0.3, 0.4) is 0 Å². The average Bonchev–Trinajstić information content (AvgIpc) is 2.44. The number of amides is 1. The van der Waals surface area contributed by atoms with Crippen molar-refractivity contribution in [1.29, 1.82) is 0 Å². The number of nitrogens with zero attached hydrogens (tertiary/aromatic N) is 3. The quantitative estimate of drug-likeness (QED) is 0.715. The summed E-state index contributed by atoms with van der Waals surface area (Å²) >= 11 is 0. The smallest absolute Gasteiger partial charge is 0.228 e. The lowest BCUT2D eigenvalue weighted by Crippen LogP contribution is -2.35. The molecule has 1 rings (SSSR count). The molecule has 0 aliphatic rings. The Morgan fingerprint density at radius 1 is 1.18 bits per heavy atom. The highest BCUT2D eigenvalue weighted by Crippen LogP contribution is 2.22. The second-order valence-corrected chi connectivity index (χ2v) is 7.07. The molecule has 0 unspecified atom stereocenters. The van der Waals surface area contributed by atoms with Crippen molar-refractivity contribution in [2.24, 2.45) is 5.41 Å². The van der Waals surface area contributed by atoms with Crippen LogP contribution in [0.2, 0.25) is 0 Å². The van der Waals surface area contributed by atoms with Gasteiger partial charge in [-0.1, -0.05) is 47.5 Å². The lowest BCUT2D eigenvalue weighted by Gasteiger charge is -2.26. The second kappa shape index (κ2) is 8.86. The molecule has 0 aromatic carbocycles. The first kappa shape index (κ1) is 18.6. The van der Waals surface area contributed by atoms with Crippen molar-refractivity contribution in [3.63, 3.8) is 0 Å². The van der Waals surface area contributed by atoms with E-state index in [0.717, 1.165) is 50.3 Å². The molecule has 0 aliphatic heterocycles. The summed E-state index contributed by atoms with van der Waals surface area (Å²) in [5.41, 5.74) is -0.0143. The SMILES string of the molecule is CCCCc1nccc(N(CCCC)C(=O)CC(C)(C)C)n1. The average molecular weight is 305 g/mol. The molecule has 124 valence electrons. The number of rotatable bonds is 8. The third kappa shape index (κ3) is 6.54. The highest BCUT2D eigenvalue weighted by Gasteiger charge is 2.23. The number of hydrogen-bond donors (Lipinski definition) is 0. The van der Waals surface area contributed by atoms with Gasteiger partial charge in [-0.3, -0.25) is 9.69 Å². The van der Waals surface area contributed by atoms with Crippen molar-refractivity contribution < 1.29 is 4.79 Å². The summed E-state index contributed by atoms with van der Waals surface area (Å²) in [6, 6.07) is 1.85. The Balaban J connectivity index is 2.93. The van der Waals surface area contributed by atoms with E-state index in [4.69, 9.17) is 0 Å². The molecule has 0 radical (unpaired) electrons. The van der Waals surface area contributed by atoms with Crippen molar-refractivity contribution in [3.05, 3.63) is 18.1 Å². The van der Waals surface area contributed by atoms with Gasteiger partial charge in [0.2, 0.25) is 5.91 Å². The topological polar surface area (TPSA) is 46.1 Å². The Hall–Kier alpha value is -1.45. The third-order valence-corrected chi connectivity index (χ3v) is 3.44. The van der Waals surface area contributed by atoms with Crippen LogP contribution in [0.15, 0.2) is 12.3 Å². The number of carbonyl (C=O) groups excluding carboxylic acids is 1. The molecule has 0 bridgehead atoms. The minimum absolute atomic E-state index is 0.0143. The van der Waals surface area contributed by atoms with Crippen molar-refractivity contribution in [2.75, 3.05) is 11.4 Å². The fraction of sp³-hybridized carbons (Fsp3) is 0.722. The van der Waals surface area contributed by atoms with Gasteiger partial charge in [-0.05, 0) is 24.3 Å². The molecule has 0 aliphatic carbocycles. The first-order valence-electron chi connectivity index (χ1n) is 8.49. The van der Waals surface area contributed by atoms with Crippen molar-refractivity contribution in [2.45, 2.75) is 73.1 Å². The highest BCUT2D eigenvalue weighted by molar-refractivity contribution is 5.92. The molecular formula is C18H31N3O. The molecule has 1 aromatic rings. The molecule has 0 fully saturated rings. The van der Waals surface area contributed by atoms with Crippen molar-refractivity contribution >= 4 is 11.7 Å². The maximum atomic E-state index is 12.7. The van der Waals surface area contributed by atoms with E-state index in [1.165, 1.54) is 0 Å². The molecule has 1 amide bonds. The van der Waals surface area contributed by atoms with Gasteiger partial charge in [0.05, 0.1) is 0 Å². The Morgan fingerprint density at radius 2 is 1.86 bits per heavy atom. The Kier molecular flexibility index (Phi) is 7.49. The van der Waals surface area contributed by atoms with Crippen LogP contribution in [0.25, 0.3) is 0 Å². The van der Waals surface area contributed by atoms with E-state index in [-0.39, 0.29) is 11.3 Å². The zero-order valence-electron chi connectivity index (χ0n) is 14.9. The van der Waals surface area contributed by atoms with E-state index in [1.54, 1.807) is 6.20 Å². The molecule has 22 heavy (non-hydrogen) atoms. The van der Waals surface area contributed by atoms with Gasteiger partial charge in [-0.2, -0.15) is 0 Å². The van der Waals surface area contributed by atoms with E-state index in [2.05, 4.69) is 44.6 Å². The summed E-state index contributed by atoms with van der Waals surface area (Å²) in [4.78, 5) is 23.4. The molecular weight excluding hydrogens is 274 g/mol. The van der Waals surface area contributed by atoms with Crippen LogP contribution in [0.5, 0.6) is 0 Å². The van der Waals surface area contributed by atoms with Crippen LogP contribution in [0.4, 0.5) is 5.82 Å². The van der Waals surface area contributed by atoms with E-state index in [1.807, 2.05) is 11.0 Å². The maximum absolute atomic E-state index is 12.7. The molecule has 0 saturated heterocycles. The standard InChI is InChI=1S/C18H31N3O/c1-6-8-10-15-19-12-11-16(20-15)21(13-9-7-2)17(22)14-18(3,4)5/h11-12H,6-10,13-14H2,1-5H3. The Bertz CT molecular complexity index is 466. The van der Waals surface area contributed by atoms with E-state index in [0.29, 0.717) is 6.42 Å². The van der Waals surface area contributed by atoms with Crippen molar-refractivity contribution in [3.8, 4) is 0 Å². The maximum Gasteiger partial charge on any atom is 0.228 e. The summed E-state index contributed by atoms with van der Waals surface area (Å²) < 4.78 is 0. The predicted octanol–water partition coefficient (Wildman–Crippen LogP) is 4.39. The monoisotopic (exact) mass is 305 g/mol. The van der Waals surface area contributed by atoms with Gasteiger partial charge in [-0.15, -0.1) is 0 Å². The minimum Gasteiger partial charge on any atom is -0.297 e. The zero-order valence-corrected chi connectivity index (χ0v) is 14.9. The van der Waals surface area contributed by atoms with Gasteiger partial charge >= 0.3 is 0 Å². The number of aromatic nitrogens is 2. The molecule has 4 nitrogen and oxygen atoms in total. The summed E-state index contributed by atoms with van der Waals surface area (Å²) in [5.74, 6) is 1.74. The molecule has 0 atom stereocenters. The van der Waals surface area contributed by atoms with Gasteiger partial charge in [0.15, 0.2) is 0 Å². The normalized spacial score (nSPS) is 11.5. The van der Waals surface area contributed by atoms with Crippen LogP contribution in [-0.4, -0.2) is 22.4 Å². The second-order valence-electron chi connectivity index (χ2n) is 7.07. The number of aryl methyl sites for hydroxylation is 1. The van der Waals surface area contributed by atoms with Gasteiger partial charge in [0, 0.05) is 25.6 Å². The fourth-order valence-corrected chi connectivity index (χ4v) is 2.23. The molecule has 0 N–H and O–H groups in total. The number of carbonyl (C=O) groups is 1. The Morgan fingerprint density at radius 3 is 2.45 bits per heavy atom. The highest BCUT2D eigenvalue weighted by atomic mass is 16.2. The van der Waals surface area contributed by atoms with Gasteiger partial charge in [0.1, 0.15) is 11.6 Å². The van der Waals surface area contributed by atoms with Crippen LogP contribution < -0.4 is 4.90 Å². The third-order valence-electron chi connectivity index (χ3n) is 3.44. The predicted molar refractivity (Wildman–Crippen MR) is 92.0 cm³/mol. The molecule has 1 heterocycles. The van der Waals surface area contributed by atoms with Gasteiger partial charge in [0.25, 0.3) is 0 Å². The molecule has 4 heteroatoms. The summed E-state index contributed by atoms with van der Waals surface area (Å²) in [5, 5.41) is 0. The van der Waals surface area contributed by atoms with Crippen LogP contribution >= 0.6 is 0 Å². The fourth-order valence-electron chi connectivity index (χ4n) is 2.23. The number of hydrogen-bond acceptors (Lipinski definition) is 3. The van der Waals surface area contributed by atoms with E-state index < -0.39 is 0 Å².